The van der Waals surface area contributed by atoms with Crippen molar-refractivity contribution in [1.82, 2.24) is 15.3 Å². The van der Waals surface area contributed by atoms with E-state index < -0.39 is 29.5 Å². The molecular formula is C18H17Cl2F2N3O2. The molecule has 2 aromatic rings. The van der Waals surface area contributed by atoms with E-state index in [1.165, 1.54) is 30.6 Å². The zero-order chi connectivity index (χ0) is 19.6. The predicted octanol–water partition coefficient (Wildman–Crippen LogP) is 4.04. The zero-order valence-corrected chi connectivity index (χ0v) is 15.6. The Morgan fingerprint density at radius 2 is 1.93 bits per heavy atom. The van der Waals surface area contributed by atoms with Crippen molar-refractivity contribution in [3.8, 4) is 0 Å². The van der Waals surface area contributed by atoms with Crippen molar-refractivity contribution in [2.45, 2.75) is 43.5 Å². The molecule has 1 unspecified atom stereocenters. The Labute approximate surface area is 164 Å². The molecule has 1 aliphatic carbocycles. The molecule has 0 aliphatic heterocycles. The maximum atomic E-state index is 14.0. The molecule has 1 aliphatic rings. The molecule has 1 aromatic carbocycles. The number of hydrogen-bond acceptors (Lipinski definition) is 4. The highest BCUT2D eigenvalue weighted by atomic mass is 35.5. The Morgan fingerprint density at radius 3 is 2.59 bits per heavy atom. The van der Waals surface area contributed by atoms with Crippen molar-refractivity contribution in [2.75, 3.05) is 0 Å². The van der Waals surface area contributed by atoms with Crippen LogP contribution >= 0.6 is 23.2 Å². The highest BCUT2D eigenvalue weighted by molar-refractivity contribution is 6.32. The molecule has 0 saturated heterocycles. The second kappa shape index (κ2) is 8.04. The number of hydrogen-bond donors (Lipinski definition) is 2. The molecular weight excluding hydrogens is 399 g/mol. The van der Waals surface area contributed by atoms with Gasteiger partial charge >= 0.3 is 0 Å². The average Bonchev–Trinajstić information content (AvgIpc) is 2.65. The van der Waals surface area contributed by atoms with Crippen LogP contribution in [0.15, 0.2) is 30.6 Å². The summed E-state index contributed by atoms with van der Waals surface area (Å²) in [5, 5.41) is 13.5. The van der Waals surface area contributed by atoms with Crippen LogP contribution in [0.5, 0.6) is 0 Å². The molecule has 0 radical (unpaired) electrons. The number of carbonyl (C=O) groups excluding carboxylic acids is 1. The van der Waals surface area contributed by atoms with Crippen molar-refractivity contribution in [1.29, 1.82) is 0 Å². The fourth-order valence-corrected chi connectivity index (χ4v) is 3.71. The lowest BCUT2D eigenvalue weighted by atomic mass is 9.76. The van der Waals surface area contributed by atoms with Gasteiger partial charge in [-0.05, 0) is 37.3 Å². The van der Waals surface area contributed by atoms with Gasteiger partial charge < -0.3 is 10.4 Å². The van der Waals surface area contributed by atoms with E-state index in [-0.39, 0.29) is 47.1 Å². The molecule has 1 aromatic heterocycles. The number of benzene rings is 1. The quantitative estimate of drug-likeness (QED) is 0.789. The molecule has 1 heterocycles. The van der Waals surface area contributed by atoms with E-state index in [1.807, 2.05) is 0 Å². The van der Waals surface area contributed by atoms with E-state index in [0.717, 1.165) is 0 Å². The summed E-state index contributed by atoms with van der Waals surface area (Å²) in [6.45, 7) is 0. The number of aliphatic hydroxyl groups is 1. The zero-order valence-electron chi connectivity index (χ0n) is 14.1. The van der Waals surface area contributed by atoms with Crippen molar-refractivity contribution in [3.05, 3.63) is 57.8 Å². The second-order valence-corrected chi connectivity index (χ2v) is 7.26. The number of rotatable bonds is 4. The van der Waals surface area contributed by atoms with Gasteiger partial charge in [0.2, 0.25) is 0 Å². The van der Waals surface area contributed by atoms with Crippen molar-refractivity contribution in [2.24, 2.45) is 0 Å². The van der Waals surface area contributed by atoms with E-state index in [2.05, 4.69) is 15.3 Å². The van der Waals surface area contributed by atoms with Gasteiger partial charge in [0.05, 0.1) is 16.7 Å². The van der Waals surface area contributed by atoms with Crippen LogP contribution in [-0.4, -0.2) is 32.8 Å². The maximum absolute atomic E-state index is 14.0. The molecule has 1 amide bonds. The maximum Gasteiger partial charge on any atom is 0.273 e. The van der Waals surface area contributed by atoms with Gasteiger partial charge in [0.15, 0.2) is 10.8 Å². The molecule has 2 N–H and O–H groups in total. The molecule has 3 rings (SSSR count). The van der Waals surface area contributed by atoms with Gasteiger partial charge in [-0.25, -0.2) is 18.7 Å². The largest absolute Gasteiger partial charge is 0.387 e. The SMILES string of the molecule is O=C(NC(c1cccc(F)c1Cl)[C@]1(O)CC[C@@H](F)CC1)c1nccnc1Cl. The number of aromatic nitrogens is 2. The van der Waals surface area contributed by atoms with Crippen LogP contribution in [0.3, 0.4) is 0 Å². The van der Waals surface area contributed by atoms with Crippen LogP contribution in [0.2, 0.25) is 10.2 Å². The van der Waals surface area contributed by atoms with Gasteiger partial charge in [-0.2, -0.15) is 0 Å². The molecule has 5 nitrogen and oxygen atoms in total. The Hall–Kier alpha value is -1.83. The number of amides is 1. The first-order chi connectivity index (χ1) is 12.8. The number of nitrogens with one attached hydrogen (secondary N) is 1. The van der Waals surface area contributed by atoms with E-state index in [4.69, 9.17) is 23.2 Å². The van der Waals surface area contributed by atoms with Crippen molar-refractivity contribution >= 4 is 29.1 Å². The van der Waals surface area contributed by atoms with Gasteiger partial charge in [-0.3, -0.25) is 4.79 Å². The number of halogens is 4. The number of carbonyl (C=O) groups is 1. The van der Waals surface area contributed by atoms with Crippen LogP contribution in [-0.2, 0) is 0 Å². The smallest absolute Gasteiger partial charge is 0.273 e. The van der Waals surface area contributed by atoms with Gasteiger partial charge in [-0.1, -0.05) is 35.3 Å². The predicted molar refractivity (Wildman–Crippen MR) is 97.0 cm³/mol. The molecule has 0 spiro atoms. The summed E-state index contributed by atoms with van der Waals surface area (Å²) >= 11 is 12.0. The van der Waals surface area contributed by atoms with E-state index in [0.29, 0.717) is 0 Å². The van der Waals surface area contributed by atoms with E-state index in [1.54, 1.807) is 0 Å². The van der Waals surface area contributed by atoms with Gasteiger partial charge in [0, 0.05) is 12.4 Å². The first-order valence-electron chi connectivity index (χ1n) is 8.39. The minimum Gasteiger partial charge on any atom is -0.387 e. The minimum absolute atomic E-state index is 0.0835. The summed E-state index contributed by atoms with van der Waals surface area (Å²) in [5.41, 5.74) is -1.44. The van der Waals surface area contributed by atoms with Crippen LogP contribution < -0.4 is 5.32 Å². The monoisotopic (exact) mass is 415 g/mol. The topological polar surface area (TPSA) is 75.1 Å². The highest BCUT2D eigenvalue weighted by Crippen LogP contribution is 2.42. The van der Waals surface area contributed by atoms with Crippen molar-refractivity contribution < 1.29 is 18.7 Å². The van der Waals surface area contributed by atoms with E-state index >= 15 is 0 Å². The summed E-state index contributed by atoms with van der Waals surface area (Å²) in [7, 11) is 0. The van der Waals surface area contributed by atoms with Crippen molar-refractivity contribution in [3.63, 3.8) is 0 Å². The summed E-state index contributed by atoms with van der Waals surface area (Å²) in [4.78, 5) is 20.4. The summed E-state index contributed by atoms with van der Waals surface area (Å²) in [6.07, 6.45) is 2.02. The third kappa shape index (κ3) is 4.20. The molecule has 9 heteroatoms. The first kappa shape index (κ1) is 19.9. The second-order valence-electron chi connectivity index (χ2n) is 6.52. The summed E-state index contributed by atoms with van der Waals surface area (Å²) < 4.78 is 27.6. The lowest BCUT2D eigenvalue weighted by Gasteiger charge is -2.40. The molecule has 1 saturated carbocycles. The molecule has 1 fully saturated rings. The molecule has 1 atom stereocenters. The van der Waals surface area contributed by atoms with Gasteiger partial charge in [0.25, 0.3) is 5.91 Å². The van der Waals surface area contributed by atoms with Gasteiger partial charge in [-0.15, -0.1) is 0 Å². The lowest BCUT2D eigenvalue weighted by Crippen LogP contribution is -2.49. The van der Waals surface area contributed by atoms with Crippen LogP contribution in [0.25, 0.3) is 0 Å². The highest BCUT2D eigenvalue weighted by Gasteiger charge is 2.43. The van der Waals surface area contributed by atoms with Crippen LogP contribution in [0, 0.1) is 5.82 Å². The standard InChI is InChI=1S/C18H17Cl2F2N3O2/c19-13-11(2-1-3-12(13)22)15(18(27)6-4-10(21)5-7-18)25-17(26)14-16(20)24-9-8-23-14/h1-3,8-10,15,27H,4-7H2,(H,25,26)/t10-,15?,18+. The van der Waals surface area contributed by atoms with Gasteiger partial charge in [0.1, 0.15) is 12.0 Å². The third-order valence-electron chi connectivity index (χ3n) is 4.75. The fourth-order valence-electron chi connectivity index (χ4n) is 3.29. The average molecular weight is 416 g/mol. The Morgan fingerprint density at radius 1 is 1.26 bits per heavy atom. The minimum atomic E-state index is -1.50. The molecule has 144 valence electrons. The Balaban J connectivity index is 1.99. The number of alkyl halides is 1. The first-order valence-corrected chi connectivity index (χ1v) is 9.15. The van der Waals surface area contributed by atoms with Crippen LogP contribution in [0.1, 0.15) is 47.8 Å². The normalized spacial score (nSPS) is 23.7. The third-order valence-corrected chi connectivity index (χ3v) is 5.43. The summed E-state index contributed by atoms with van der Waals surface area (Å²) in [6, 6.07) is 3.04. The summed E-state index contributed by atoms with van der Waals surface area (Å²) in [5.74, 6) is -1.39. The number of nitrogens with zero attached hydrogens (tertiary/aromatic N) is 2. The molecule has 0 bridgehead atoms. The Kier molecular flexibility index (Phi) is 5.93. The fraction of sp³-hybridized carbons (Fsp3) is 0.389. The Bertz CT molecular complexity index is 845. The van der Waals surface area contributed by atoms with Crippen LogP contribution in [0.4, 0.5) is 8.78 Å². The lowest BCUT2D eigenvalue weighted by molar-refractivity contribution is -0.0446. The van der Waals surface area contributed by atoms with E-state index in [9.17, 15) is 18.7 Å². The molecule has 27 heavy (non-hydrogen) atoms.